The first-order valence-corrected chi connectivity index (χ1v) is 6.85. The average Bonchev–Trinajstić information content (AvgIpc) is 2.27. The predicted octanol–water partition coefficient (Wildman–Crippen LogP) is 1.47. The molecule has 8 heteroatoms. The lowest BCUT2D eigenvalue weighted by atomic mass is 10.0. The van der Waals surface area contributed by atoms with Crippen LogP contribution in [0.25, 0.3) is 0 Å². The van der Waals surface area contributed by atoms with Crippen molar-refractivity contribution in [1.82, 2.24) is 0 Å². The molecule has 19 heavy (non-hydrogen) atoms. The van der Waals surface area contributed by atoms with E-state index in [2.05, 4.69) is 31.9 Å². The fourth-order valence-electron chi connectivity index (χ4n) is 0.870. The van der Waals surface area contributed by atoms with Gasteiger partial charge in [-0.2, -0.15) is 0 Å². The van der Waals surface area contributed by atoms with Crippen molar-refractivity contribution in [2.75, 3.05) is 6.61 Å². The molecule has 6 nitrogen and oxygen atoms in total. The minimum absolute atomic E-state index is 0.263. The number of Topliss-reactive ketones (excluding diaryl/α,β-unsaturated/α-hetero) is 2. The number of aliphatic carboxylic acids is 1. The molecule has 0 aliphatic heterocycles. The summed E-state index contributed by atoms with van der Waals surface area (Å²) in [4.78, 5) is 45.0. The van der Waals surface area contributed by atoms with Crippen molar-refractivity contribution >= 4 is 55.4 Å². The van der Waals surface area contributed by atoms with E-state index in [1.54, 1.807) is 0 Å². The number of carboxylic acids is 1. The summed E-state index contributed by atoms with van der Waals surface area (Å²) in [6, 6.07) is 0. The Bertz CT molecular complexity index is 375. The van der Waals surface area contributed by atoms with E-state index in [0.717, 1.165) is 0 Å². The van der Waals surface area contributed by atoms with Gasteiger partial charge in [0.25, 0.3) is 0 Å². The lowest BCUT2D eigenvalue weighted by Gasteiger charge is -2.18. The second-order valence-corrected chi connectivity index (χ2v) is 7.35. The zero-order valence-electron chi connectivity index (χ0n) is 10.7. The zero-order chi connectivity index (χ0) is 15.4. The first-order chi connectivity index (χ1) is 8.44. The number of esters is 1. The van der Waals surface area contributed by atoms with Crippen molar-refractivity contribution in [1.29, 1.82) is 0 Å². The summed E-state index contributed by atoms with van der Waals surface area (Å²) in [5.41, 5.74) is 0. The molecule has 108 valence electrons. The molecule has 0 aromatic rings. The van der Waals surface area contributed by atoms with Gasteiger partial charge < -0.3 is 9.84 Å². The largest absolute Gasteiger partial charge is 0.480 e. The molecule has 0 aromatic heterocycles. The molecule has 0 aliphatic rings. The first kappa shape index (κ1) is 18.2. The zero-order valence-corrected chi connectivity index (χ0v) is 13.8. The maximum Gasteiger partial charge on any atom is 0.330 e. The normalized spacial score (nSPS) is 16.9. The molecule has 0 saturated heterocycles. The molecule has 0 aliphatic carbocycles. The van der Waals surface area contributed by atoms with Crippen LogP contribution >= 0.6 is 31.9 Å². The lowest BCUT2D eigenvalue weighted by Crippen LogP contribution is -2.40. The van der Waals surface area contributed by atoms with Gasteiger partial charge in [-0.15, -0.1) is 0 Å². The summed E-state index contributed by atoms with van der Waals surface area (Å²) in [5, 5.41) is 8.79. The van der Waals surface area contributed by atoms with Crippen LogP contribution in [-0.4, -0.2) is 43.9 Å². The van der Waals surface area contributed by atoms with Gasteiger partial charge in [-0.1, -0.05) is 31.9 Å². The van der Waals surface area contributed by atoms with E-state index in [1.165, 1.54) is 20.8 Å². The third-order valence-electron chi connectivity index (χ3n) is 2.53. The van der Waals surface area contributed by atoms with E-state index >= 15 is 0 Å². The molecule has 2 atom stereocenters. The van der Waals surface area contributed by atoms with Gasteiger partial charge in [0.2, 0.25) is 0 Å². The highest BCUT2D eigenvalue weighted by molar-refractivity contribution is 9.10. The summed E-state index contributed by atoms with van der Waals surface area (Å²) < 4.78 is 1.60. The second kappa shape index (κ2) is 6.60. The Hall–Kier alpha value is -0.760. The van der Waals surface area contributed by atoms with Crippen molar-refractivity contribution in [3.05, 3.63) is 0 Å². The topological polar surface area (TPSA) is 97.7 Å². The SMILES string of the molecule is CC(=O)C(C)(Br)C(=O)OCCC(=O)C(C)(Br)C(=O)O. The minimum Gasteiger partial charge on any atom is -0.480 e. The van der Waals surface area contributed by atoms with Crippen molar-refractivity contribution in [3.8, 4) is 0 Å². The Morgan fingerprint density at radius 2 is 1.58 bits per heavy atom. The predicted molar refractivity (Wildman–Crippen MR) is 73.6 cm³/mol. The van der Waals surface area contributed by atoms with Gasteiger partial charge >= 0.3 is 11.9 Å². The molecule has 0 saturated carbocycles. The number of carboxylic acid groups (broad SMARTS) is 1. The average molecular weight is 402 g/mol. The molecule has 0 bridgehead atoms. The smallest absolute Gasteiger partial charge is 0.330 e. The third-order valence-corrected chi connectivity index (χ3v) is 4.20. The summed E-state index contributed by atoms with van der Waals surface area (Å²) in [5.74, 6) is -3.20. The minimum atomic E-state index is -1.71. The molecule has 0 radical (unpaired) electrons. The van der Waals surface area contributed by atoms with Crippen LogP contribution in [0.4, 0.5) is 0 Å². The fraction of sp³-hybridized carbons (Fsp3) is 0.636. The number of carbonyl (C=O) groups excluding carboxylic acids is 3. The molecule has 0 aromatic carbocycles. The highest BCUT2D eigenvalue weighted by Crippen LogP contribution is 2.22. The van der Waals surface area contributed by atoms with Gasteiger partial charge in [-0.05, 0) is 20.8 Å². The van der Waals surface area contributed by atoms with Crippen LogP contribution < -0.4 is 0 Å². The van der Waals surface area contributed by atoms with E-state index in [9.17, 15) is 19.2 Å². The van der Waals surface area contributed by atoms with Crippen molar-refractivity contribution < 1.29 is 29.0 Å². The van der Waals surface area contributed by atoms with Crippen LogP contribution in [0.5, 0.6) is 0 Å². The van der Waals surface area contributed by atoms with Crippen molar-refractivity contribution in [3.63, 3.8) is 0 Å². The van der Waals surface area contributed by atoms with Gasteiger partial charge in [0.15, 0.2) is 20.2 Å². The molecule has 1 N–H and O–H groups in total. The van der Waals surface area contributed by atoms with Gasteiger partial charge in [0.1, 0.15) is 0 Å². The number of hydrogen-bond donors (Lipinski definition) is 1. The number of alkyl halides is 2. The van der Waals surface area contributed by atoms with Gasteiger partial charge in [-0.25, -0.2) is 0 Å². The van der Waals surface area contributed by atoms with Crippen LogP contribution in [0.1, 0.15) is 27.2 Å². The molecular weight excluding hydrogens is 388 g/mol. The Labute approximate surface area is 127 Å². The second-order valence-electron chi connectivity index (χ2n) is 4.18. The van der Waals surface area contributed by atoms with E-state index in [-0.39, 0.29) is 13.0 Å². The van der Waals surface area contributed by atoms with E-state index < -0.39 is 32.2 Å². The van der Waals surface area contributed by atoms with Crippen molar-refractivity contribution in [2.45, 2.75) is 35.8 Å². The standard InChI is InChI=1S/C11H14Br2O6/c1-6(14)10(2,12)9(18)19-5-4-7(15)11(3,13)8(16)17/h4-5H2,1-3H3,(H,16,17). The molecule has 0 spiro atoms. The fourth-order valence-corrected chi connectivity index (χ4v) is 1.18. The Kier molecular flexibility index (Phi) is 6.34. The number of rotatable bonds is 7. The molecule has 0 heterocycles. The highest BCUT2D eigenvalue weighted by atomic mass is 79.9. The number of ketones is 2. The summed E-state index contributed by atoms with van der Waals surface area (Å²) >= 11 is 5.72. The van der Waals surface area contributed by atoms with Crippen LogP contribution in [0, 0.1) is 0 Å². The first-order valence-electron chi connectivity index (χ1n) is 5.26. The maximum absolute atomic E-state index is 11.6. The number of hydrogen-bond acceptors (Lipinski definition) is 5. The number of halogens is 2. The van der Waals surface area contributed by atoms with Crippen molar-refractivity contribution in [2.24, 2.45) is 0 Å². The lowest BCUT2D eigenvalue weighted by molar-refractivity contribution is -0.148. The molecule has 0 rings (SSSR count). The van der Waals surface area contributed by atoms with Gasteiger partial charge in [0.05, 0.1) is 6.61 Å². The van der Waals surface area contributed by atoms with Gasteiger partial charge in [-0.3, -0.25) is 19.2 Å². The Balaban J connectivity index is 4.41. The van der Waals surface area contributed by atoms with Crippen LogP contribution in [0.15, 0.2) is 0 Å². The van der Waals surface area contributed by atoms with E-state index in [1.807, 2.05) is 0 Å². The molecule has 0 amide bonds. The molecule has 0 fully saturated rings. The van der Waals surface area contributed by atoms with Gasteiger partial charge in [0, 0.05) is 6.42 Å². The van der Waals surface area contributed by atoms with E-state index in [4.69, 9.17) is 9.84 Å². The van der Waals surface area contributed by atoms with Crippen LogP contribution in [-0.2, 0) is 23.9 Å². The van der Waals surface area contributed by atoms with Crippen LogP contribution in [0.2, 0.25) is 0 Å². The van der Waals surface area contributed by atoms with Crippen LogP contribution in [0.3, 0.4) is 0 Å². The quantitative estimate of drug-likeness (QED) is 0.394. The third kappa shape index (κ3) is 4.68. The summed E-state index contributed by atoms with van der Waals surface area (Å²) in [7, 11) is 0. The Morgan fingerprint density at radius 3 is 1.95 bits per heavy atom. The highest BCUT2D eigenvalue weighted by Gasteiger charge is 2.39. The Morgan fingerprint density at radius 1 is 1.11 bits per heavy atom. The molecule has 2 unspecified atom stereocenters. The number of ether oxygens (including phenoxy) is 1. The maximum atomic E-state index is 11.6. The monoisotopic (exact) mass is 400 g/mol. The summed E-state index contributed by atoms with van der Waals surface area (Å²) in [6.45, 7) is 3.47. The van der Waals surface area contributed by atoms with E-state index in [0.29, 0.717) is 0 Å². The number of carbonyl (C=O) groups is 4. The molecular formula is C11H14Br2O6. The summed E-state index contributed by atoms with van der Waals surface area (Å²) in [6.07, 6.45) is -0.263.